The summed E-state index contributed by atoms with van der Waals surface area (Å²) in [6.45, 7) is 0. The normalized spacial score (nSPS) is 11.6. The Morgan fingerprint density at radius 2 is 0.667 bits per heavy atom. The Bertz CT molecular complexity index is 395. The molecule has 72 valence electrons. The Morgan fingerprint density at radius 1 is 0.533 bits per heavy atom. The second kappa shape index (κ2) is 5.10. The molecule has 0 aromatic carbocycles. The van der Waals surface area contributed by atoms with Crippen LogP contribution in [0, 0.1) is 61.4 Å². The van der Waals surface area contributed by atoms with Crippen LogP contribution in [0.5, 0.6) is 0 Å². The van der Waals surface area contributed by atoms with Gasteiger partial charge in [0.25, 0.3) is 0 Å². The van der Waals surface area contributed by atoms with Gasteiger partial charge in [-0.05, 0) is 0 Å². The van der Waals surface area contributed by atoms with Gasteiger partial charge in [0.2, 0.25) is 0 Å². The number of hydrogen-bond donors (Lipinski definition) is 0. The van der Waals surface area contributed by atoms with Crippen molar-refractivity contribution in [2.75, 3.05) is 0 Å². The van der Waals surface area contributed by atoms with Gasteiger partial charge in [0, 0.05) is 17.1 Å². The fourth-order valence-corrected chi connectivity index (χ4v) is 1.09. The molecule has 0 atom stereocenters. The van der Waals surface area contributed by atoms with Crippen LogP contribution in [0.1, 0.15) is 0 Å². The number of nitrogens with zero attached hydrogens (tertiary/aromatic N) is 6. The molecule has 0 spiro atoms. The van der Waals surface area contributed by atoms with Crippen LogP contribution in [0.15, 0.2) is 0 Å². The predicted molar refractivity (Wildman–Crippen MR) is 40.8 cm³/mol. The van der Waals surface area contributed by atoms with E-state index in [1.165, 1.54) is 0 Å². The summed E-state index contributed by atoms with van der Waals surface area (Å²) in [7, 11) is -6.17. The molecule has 9 heteroatoms. The van der Waals surface area contributed by atoms with Crippen LogP contribution in [0.2, 0.25) is 0 Å². The number of nitriles is 6. The zero-order chi connectivity index (χ0) is 10.7. The third-order valence-corrected chi connectivity index (χ3v) is 4.89. The van der Waals surface area contributed by atoms with E-state index in [4.69, 9.17) is 31.6 Å². The summed E-state index contributed by atoms with van der Waals surface area (Å²) in [6, 6.07) is 0. The van der Waals surface area contributed by atoms with E-state index in [9.17, 15) is 0 Å². The summed E-state index contributed by atoms with van der Waals surface area (Å²) in [5.74, 6) is 0. The molecule has 0 aromatic rings. The van der Waals surface area contributed by atoms with Gasteiger partial charge in [-0.25, -0.2) is 0 Å². The van der Waals surface area contributed by atoms with Gasteiger partial charge >= 0.3 is 123 Å². The molecule has 0 aromatic heterocycles. The van der Waals surface area contributed by atoms with Crippen LogP contribution in [-0.4, -0.2) is 51.4 Å². The molecular weight excluding hydrogens is 307 g/mol. The van der Waals surface area contributed by atoms with Crippen LogP contribution < -0.4 is 0 Å². The monoisotopic (exact) mass is 308 g/mol. The van der Waals surface area contributed by atoms with Crippen molar-refractivity contribution in [2.24, 2.45) is 0 Å². The van der Waals surface area contributed by atoms with Crippen LogP contribution in [0.3, 0.4) is 0 Å². The van der Waals surface area contributed by atoms with Gasteiger partial charge in [-0.3, -0.25) is 0 Å². The molecule has 0 fully saturated rings. The Morgan fingerprint density at radius 3 is 0.667 bits per heavy atom. The summed E-state index contributed by atoms with van der Waals surface area (Å²) in [6.07, 6.45) is 0. The van der Waals surface area contributed by atoms with E-state index in [1.807, 2.05) is 0 Å². The standard InChI is InChI=1S/6CN.2Fe.K.H/c6*1-2;;;;. The van der Waals surface area contributed by atoms with Crippen molar-refractivity contribution < 1.29 is 27.8 Å². The van der Waals surface area contributed by atoms with Crippen molar-refractivity contribution in [1.82, 2.24) is 0 Å². The van der Waals surface area contributed by atoms with E-state index in [0.29, 0.717) is 0 Å². The van der Waals surface area contributed by atoms with E-state index in [2.05, 4.69) is 0 Å². The molecule has 0 N–H and O–H groups in total. The minimum absolute atomic E-state index is 0. The molecule has 0 saturated carbocycles. The number of hydrogen-bond acceptors (Lipinski definition) is 6. The minimum atomic E-state index is -6.17. The molecule has 0 heterocycles. The maximum atomic E-state index is 8.58. The summed E-state index contributed by atoms with van der Waals surface area (Å²) in [5, 5.41) is 51.5. The first-order chi connectivity index (χ1) is 5.97. The molecule has 0 radical (unpaired) electrons. The summed E-state index contributed by atoms with van der Waals surface area (Å²) >= 11 is 0. The van der Waals surface area contributed by atoms with Gasteiger partial charge in [0.15, 0.2) is 0 Å². The second-order valence-corrected chi connectivity index (χ2v) is 7.42. The van der Waals surface area contributed by atoms with Crippen molar-refractivity contribution in [3.63, 3.8) is 0 Å². The molecule has 0 aliphatic carbocycles. The van der Waals surface area contributed by atoms with Gasteiger partial charge in [0.1, 0.15) is 0 Å². The fraction of sp³-hybridized carbons (Fsp3) is 0. The van der Waals surface area contributed by atoms with Gasteiger partial charge < -0.3 is 0 Å². The van der Waals surface area contributed by atoms with Gasteiger partial charge in [-0.15, -0.1) is 0 Å². The first-order valence-corrected chi connectivity index (χ1v) is 5.71. The van der Waals surface area contributed by atoms with E-state index in [-0.39, 0.29) is 68.5 Å². The maximum absolute atomic E-state index is 8.58. The Labute approximate surface area is 138 Å². The van der Waals surface area contributed by atoms with Crippen molar-refractivity contribution in [1.29, 1.82) is 31.6 Å². The topological polar surface area (TPSA) is 143 Å². The van der Waals surface area contributed by atoms with Crippen molar-refractivity contribution in [3.05, 3.63) is 0 Å². The van der Waals surface area contributed by atoms with Crippen LogP contribution in [0.4, 0.5) is 0 Å². The third-order valence-electron chi connectivity index (χ3n) is 1.19. The van der Waals surface area contributed by atoms with Crippen molar-refractivity contribution >= 4 is 51.4 Å². The quantitative estimate of drug-likeness (QED) is 0.549. The first-order valence-electron chi connectivity index (χ1n) is 2.40. The molecule has 0 rings (SSSR count). The van der Waals surface area contributed by atoms with Gasteiger partial charge in [-0.2, -0.15) is 0 Å². The number of rotatable bonds is 0. The zero-order valence-corrected chi connectivity index (χ0v) is 8.60. The Kier molecular flexibility index (Phi) is 6.83. The molecule has 0 aliphatic heterocycles. The van der Waals surface area contributed by atoms with Gasteiger partial charge in [0.05, 0.1) is 0 Å². The molecule has 0 bridgehead atoms. The summed E-state index contributed by atoms with van der Waals surface area (Å²) in [4.78, 5) is 6.19. The SMILES string of the molecule is N#[C][Fe]([C]#N)([C]#N)([C]#N)([C]#N)[C]#N.[Fe].[KH]. The molecule has 0 aliphatic rings. The Balaban J connectivity index is -0.000000720. The molecular formula is C6HFe2KN6. The third kappa shape index (κ3) is 2.09. The van der Waals surface area contributed by atoms with Crippen LogP contribution >= 0.6 is 0 Å². The average molecular weight is 308 g/mol. The zero-order valence-electron chi connectivity index (χ0n) is 6.39. The molecule has 15 heavy (non-hydrogen) atoms. The average Bonchev–Trinajstić information content (AvgIpc) is 2.26. The van der Waals surface area contributed by atoms with E-state index < -0.39 is 10.7 Å². The van der Waals surface area contributed by atoms with Crippen molar-refractivity contribution in [2.45, 2.75) is 0 Å². The van der Waals surface area contributed by atoms with Gasteiger partial charge in [-0.1, -0.05) is 0 Å². The first kappa shape index (κ1) is 20.1. The van der Waals surface area contributed by atoms with Crippen LogP contribution in [-0.2, 0) is 27.8 Å². The summed E-state index contributed by atoms with van der Waals surface area (Å²) < 4.78 is 0. The Hall–Kier alpha value is -0.385. The molecule has 6 nitrogen and oxygen atoms in total. The van der Waals surface area contributed by atoms with Crippen molar-refractivity contribution in [3.8, 4) is 29.8 Å². The summed E-state index contributed by atoms with van der Waals surface area (Å²) in [5.41, 5.74) is 0. The van der Waals surface area contributed by atoms with E-state index >= 15 is 0 Å². The second-order valence-electron chi connectivity index (χ2n) is 1.80. The van der Waals surface area contributed by atoms with E-state index in [0.717, 1.165) is 29.8 Å². The predicted octanol–water partition coefficient (Wildman–Crippen LogP) is -0.553. The fourth-order valence-electron chi connectivity index (χ4n) is 0.265. The molecule has 0 amide bonds. The molecule has 0 unspecified atom stereocenters. The van der Waals surface area contributed by atoms with Crippen LogP contribution in [0.25, 0.3) is 0 Å². The van der Waals surface area contributed by atoms with E-state index in [1.54, 1.807) is 0 Å². The molecule has 0 saturated heterocycles.